The molecular formula is C5H14NO4P. The molecule has 6 heteroatoms. The molecule has 0 rings (SSSR count). The second kappa shape index (κ2) is 5.69. The fraction of sp³-hybridized carbons (Fsp3) is 1.00. The van der Waals surface area contributed by atoms with Gasteiger partial charge in [0.15, 0.2) is 0 Å². The molecule has 0 radical (unpaired) electrons. The molecule has 0 fully saturated rings. The largest absolute Gasteiger partial charge is 0.427 e. The molecule has 68 valence electrons. The Bertz CT molecular complexity index is 134. The second-order valence-electron chi connectivity index (χ2n) is 2.17. The summed E-state index contributed by atoms with van der Waals surface area (Å²) in [5.74, 6) is 0. The molecule has 0 bridgehead atoms. The van der Waals surface area contributed by atoms with Crippen molar-refractivity contribution in [1.29, 1.82) is 0 Å². The van der Waals surface area contributed by atoms with Crippen LogP contribution < -0.4 is 5.50 Å². The van der Waals surface area contributed by atoms with Crippen LogP contribution in [0.5, 0.6) is 0 Å². The van der Waals surface area contributed by atoms with Gasteiger partial charge >= 0.3 is 7.75 Å². The standard InChI is InChI=1S/C5H14NO4P/c1-2-3-4-5-9-10-11(6,7)8/h2-5H2,1H3,(H3,6,7,8). The lowest BCUT2D eigenvalue weighted by molar-refractivity contribution is -0.213. The zero-order valence-electron chi connectivity index (χ0n) is 6.52. The zero-order chi connectivity index (χ0) is 8.74. The average molecular weight is 183 g/mol. The first-order chi connectivity index (χ1) is 5.06. The van der Waals surface area contributed by atoms with E-state index in [1.54, 1.807) is 0 Å². The molecule has 0 amide bonds. The molecule has 0 aromatic carbocycles. The number of hydrogen-bond donors (Lipinski definition) is 2. The van der Waals surface area contributed by atoms with Crippen LogP contribution >= 0.6 is 7.75 Å². The second-order valence-corrected chi connectivity index (χ2v) is 3.45. The van der Waals surface area contributed by atoms with Crippen LogP contribution in [0.4, 0.5) is 0 Å². The van der Waals surface area contributed by atoms with Crippen LogP contribution in [0.2, 0.25) is 0 Å². The van der Waals surface area contributed by atoms with Crippen LogP contribution in [-0.4, -0.2) is 11.5 Å². The zero-order valence-corrected chi connectivity index (χ0v) is 7.42. The van der Waals surface area contributed by atoms with Crippen molar-refractivity contribution in [2.45, 2.75) is 26.2 Å². The Morgan fingerprint density at radius 2 is 2.18 bits per heavy atom. The Hall–Kier alpha value is 0.0700. The summed E-state index contributed by atoms with van der Waals surface area (Å²) < 4.78 is 14.2. The topological polar surface area (TPSA) is 81.8 Å². The van der Waals surface area contributed by atoms with Gasteiger partial charge in [-0.1, -0.05) is 19.8 Å². The molecule has 0 saturated carbocycles. The van der Waals surface area contributed by atoms with E-state index in [0.29, 0.717) is 6.61 Å². The minimum Gasteiger partial charge on any atom is -0.311 e. The summed E-state index contributed by atoms with van der Waals surface area (Å²) in [4.78, 5) is 12.7. The highest BCUT2D eigenvalue weighted by Crippen LogP contribution is 2.31. The van der Waals surface area contributed by atoms with Crippen LogP contribution in [0.15, 0.2) is 0 Å². The van der Waals surface area contributed by atoms with Crippen LogP contribution in [0, 0.1) is 0 Å². The molecular weight excluding hydrogens is 169 g/mol. The molecule has 5 nitrogen and oxygen atoms in total. The van der Waals surface area contributed by atoms with Crippen molar-refractivity contribution in [2.75, 3.05) is 6.61 Å². The van der Waals surface area contributed by atoms with Crippen LogP contribution in [0.3, 0.4) is 0 Å². The summed E-state index contributed by atoms with van der Waals surface area (Å²) in [6.07, 6.45) is 2.86. The maximum Gasteiger partial charge on any atom is 0.427 e. The summed E-state index contributed by atoms with van der Waals surface area (Å²) in [7, 11) is -3.94. The van der Waals surface area contributed by atoms with E-state index < -0.39 is 7.75 Å². The predicted octanol–water partition coefficient (Wildman–Crippen LogP) is 1.18. The fourth-order valence-electron chi connectivity index (χ4n) is 0.524. The first-order valence-corrected chi connectivity index (χ1v) is 5.13. The van der Waals surface area contributed by atoms with Gasteiger partial charge in [-0.15, -0.1) is 4.67 Å². The van der Waals surface area contributed by atoms with Gasteiger partial charge in [-0.25, -0.2) is 15.0 Å². The van der Waals surface area contributed by atoms with E-state index in [1.807, 2.05) is 6.92 Å². The molecule has 0 aromatic heterocycles. The molecule has 0 aromatic rings. The third-order valence-electron chi connectivity index (χ3n) is 0.991. The van der Waals surface area contributed by atoms with E-state index in [1.165, 1.54) is 0 Å². The van der Waals surface area contributed by atoms with Crippen LogP contribution in [0.25, 0.3) is 0 Å². The van der Waals surface area contributed by atoms with E-state index in [9.17, 15) is 4.57 Å². The highest BCUT2D eigenvalue weighted by molar-refractivity contribution is 7.49. The number of hydrogen-bond acceptors (Lipinski definition) is 3. The maximum atomic E-state index is 10.2. The van der Waals surface area contributed by atoms with Crippen molar-refractivity contribution in [3.8, 4) is 0 Å². The third-order valence-corrected chi connectivity index (χ3v) is 1.31. The highest BCUT2D eigenvalue weighted by Gasteiger charge is 2.11. The van der Waals surface area contributed by atoms with Crippen molar-refractivity contribution in [2.24, 2.45) is 5.50 Å². The Labute approximate surface area is 66.0 Å². The van der Waals surface area contributed by atoms with Crippen molar-refractivity contribution < 1.29 is 19.0 Å². The summed E-state index contributed by atoms with van der Waals surface area (Å²) in [6, 6.07) is 0. The van der Waals surface area contributed by atoms with Crippen molar-refractivity contribution in [3.05, 3.63) is 0 Å². The van der Waals surface area contributed by atoms with Crippen molar-refractivity contribution in [3.63, 3.8) is 0 Å². The Morgan fingerprint density at radius 1 is 1.55 bits per heavy atom. The summed E-state index contributed by atoms with van der Waals surface area (Å²) in [5, 5.41) is 0. The summed E-state index contributed by atoms with van der Waals surface area (Å²) >= 11 is 0. The van der Waals surface area contributed by atoms with Gasteiger partial charge in [-0.3, -0.25) is 0 Å². The van der Waals surface area contributed by atoms with Crippen LogP contribution in [0.1, 0.15) is 26.2 Å². The van der Waals surface area contributed by atoms with E-state index in [2.05, 4.69) is 15.1 Å². The van der Waals surface area contributed by atoms with E-state index in [-0.39, 0.29) is 0 Å². The molecule has 0 spiro atoms. The maximum absolute atomic E-state index is 10.2. The lowest BCUT2D eigenvalue weighted by atomic mass is 10.3. The molecule has 11 heavy (non-hydrogen) atoms. The monoisotopic (exact) mass is 183 g/mol. The van der Waals surface area contributed by atoms with Gasteiger partial charge in [-0.05, 0) is 6.42 Å². The number of rotatable bonds is 6. The minimum absolute atomic E-state index is 0.301. The lowest BCUT2D eigenvalue weighted by Crippen LogP contribution is -2.00. The molecule has 0 saturated heterocycles. The summed E-state index contributed by atoms with van der Waals surface area (Å²) in [5.41, 5.74) is 4.61. The van der Waals surface area contributed by atoms with Gasteiger partial charge in [-0.2, -0.15) is 0 Å². The van der Waals surface area contributed by atoms with Crippen LogP contribution in [-0.2, 0) is 14.1 Å². The van der Waals surface area contributed by atoms with E-state index in [0.717, 1.165) is 19.3 Å². The predicted molar refractivity (Wildman–Crippen MR) is 40.6 cm³/mol. The third kappa shape index (κ3) is 10.1. The molecule has 0 aliphatic heterocycles. The first-order valence-electron chi connectivity index (χ1n) is 3.49. The van der Waals surface area contributed by atoms with E-state index >= 15 is 0 Å². The summed E-state index contributed by atoms with van der Waals surface area (Å²) in [6.45, 7) is 2.34. The molecule has 0 heterocycles. The van der Waals surface area contributed by atoms with Gasteiger partial charge in [0.05, 0.1) is 6.61 Å². The van der Waals surface area contributed by atoms with Gasteiger partial charge in [0.2, 0.25) is 0 Å². The lowest BCUT2D eigenvalue weighted by Gasteiger charge is -2.04. The SMILES string of the molecule is CCCCCOOP(N)(=O)O. The number of nitrogens with two attached hydrogens (primary N) is 1. The molecule has 1 atom stereocenters. The van der Waals surface area contributed by atoms with Gasteiger partial charge in [0, 0.05) is 0 Å². The highest BCUT2D eigenvalue weighted by atomic mass is 31.2. The van der Waals surface area contributed by atoms with Gasteiger partial charge < -0.3 is 4.89 Å². The van der Waals surface area contributed by atoms with Gasteiger partial charge in [0.1, 0.15) is 0 Å². The normalized spacial score (nSPS) is 16.3. The molecule has 3 N–H and O–H groups in total. The Balaban J connectivity index is 3.09. The average Bonchev–Trinajstić information content (AvgIpc) is 1.85. The number of unbranched alkanes of at least 4 members (excludes halogenated alkanes) is 2. The Kier molecular flexibility index (Phi) is 5.72. The quantitative estimate of drug-likeness (QED) is 0.279. The fourth-order valence-corrected chi connectivity index (χ4v) is 0.749. The Morgan fingerprint density at radius 3 is 2.64 bits per heavy atom. The molecule has 0 aliphatic carbocycles. The van der Waals surface area contributed by atoms with Gasteiger partial charge in [0.25, 0.3) is 0 Å². The van der Waals surface area contributed by atoms with Crippen molar-refractivity contribution >= 4 is 7.75 Å². The first kappa shape index (κ1) is 11.1. The smallest absolute Gasteiger partial charge is 0.311 e. The molecule has 0 aliphatic rings. The van der Waals surface area contributed by atoms with E-state index in [4.69, 9.17) is 4.89 Å². The molecule has 1 unspecified atom stereocenters. The van der Waals surface area contributed by atoms with Crippen molar-refractivity contribution in [1.82, 2.24) is 0 Å². The minimum atomic E-state index is -3.94.